The molecule has 0 radical (unpaired) electrons. The van der Waals surface area contributed by atoms with E-state index in [4.69, 9.17) is 23.2 Å². The first-order chi connectivity index (χ1) is 13.3. The highest BCUT2D eigenvalue weighted by molar-refractivity contribution is 6.36. The minimum Gasteiger partial charge on any atom is -0.324 e. The summed E-state index contributed by atoms with van der Waals surface area (Å²) >= 11 is 12.2. The minimum absolute atomic E-state index is 0.273. The molecule has 0 fully saturated rings. The summed E-state index contributed by atoms with van der Waals surface area (Å²) in [7, 11) is 0. The van der Waals surface area contributed by atoms with Crippen LogP contribution in [0, 0.1) is 0 Å². The van der Waals surface area contributed by atoms with Gasteiger partial charge in [0.15, 0.2) is 0 Å². The molecule has 0 saturated heterocycles. The molecule has 1 aromatic heterocycles. The molecule has 1 N–H and O–H groups in total. The standard InChI is InChI=1S/C19H21Cl2F3N4/c1-2-3-8-25-9-6-15-13-7-10-28(16-5-4-12(20)11-14(16)21)17(13)27-18(26-15)19(22,23)24/h4-5,11,25H,2-3,6-10H2,1H3. The smallest absolute Gasteiger partial charge is 0.324 e. The van der Waals surface area contributed by atoms with Gasteiger partial charge < -0.3 is 10.2 Å². The van der Waals surface area contributed by atoms with Gasteiger partial charge in [0.05, 0.1) is 16.4 Å². The Morgan fingerprint density at radius 2 is 1.96 bits per heavy atom. The van der Waals surface area contributed by atoms with Crippen molar-refractivity contribution in [2.45, 2.75) is 38.8 Å². The van der Waals surface area contributed by atoms with Gasteiger partial charge in [0, 0.05) is 30.1 Å². The third-order valence-corrected chi connectivity index (χ3v) is 5.15. The summed E-state index contributed by atoms with van der Waals surface area (Å²) in [4.78, 5) is 9.39. The summed E-state index contributed by atoms with van der Waals surface area (Å²) in [6.07, 6.45) is -1.54. The number of unbranched alkanes of at least 4 members (excludes halogenated alkanes) is 1. The summed E-state index contributed by atoms with van der Waals surface area (Å²) in [5.74, 6) is -0.845. The predicted octanol–water partition coefficient (Wildman–Crippen LogP) is 5.43. The first-order valence-corrected chi connectivity index (χ1v) is 9.97. The first-order valence-electron chi connectivity index (χ1n) is 9.21. The van der Waals surface area contributed by atoms with E-state index in [1.807, 2.05) is 0 Å². The monoisotopic (exact) mass is 432 g/mol. The Labute approximate surface area is 172 Å². The van der Waals surface area contributed by atoms with Crippen molar-refractivity contribution in [3.05, 3.63) is 45.3 Å². The molecule has 4 nitrogen and oxygen atoms in total. The van der Waals surface area contributed by atoms with Crippen molar-refractivity contribution < 1.29 is 13.2 Å². The zero-order valence-corrected chi connectivity index (χ0v) is 16.9. The molecule has 28 heavy (non-hydrogen) atoms. The second kappa shape index (κ2) is 8.84. The number of fused-ring (bicyclic) bond motifs is 1. The minimum atomic E-state index is -4.61. The molecule has 3 rings (SSSR count). The van der Waals surface area contributed by atoms with Crippen LogP contribution in [0.4, 0.5) is 24.7 Å². The highest BCUT2D eigenvalue weighted by Crippen LogP contribution is 2.40. The highest BCUT2D eigenvalue weighted by atomic mass is 35.5. The topological polar surface area (TPSA) is 41.1 Å². The van der Waals surface area contributed by atoms with Gasteiger partial charge >= 0.3 is 6.18 Å². The number of aromatic nitrogens is 2. The number of halogens is 5. The van der Waals surface area contributed by atoms with Gasteiger partial charge in [-0.25, -0.2) is 9.97 Å². The van der Waals surface area contributed by atoms with Crippen LogP contribution >= 0.6 is 23.2 Å². The molecule has 1 aromatic carbocycles. The van der Waals surface area contributed by atoms with Crippen LogP contribution < -0.4 is 10.2 Å². The van der Waals surface area contributed by atoms with Crippen LogP contribution in [0.15, 0.2) is 18.2 Å². The molecular formula is C19H21Cl2F3N4. The molecule has 0 unspecified atom stereocenters. The summed E-state index contributed by atoms with van der Waals surface area (Å²) in [6.45, 7) is 3.98. The molecule has 0 amide bonds. The van der Waals surface area contributed by atoms with Crippen LogP contribution in [0.1, 0.15) is 36.8 Å². The van der Waals surface area contributed by atoms with Crippen molar-refractivity contribution in [3.63, 3.8) is 0 Å². The number of hydrogen-bond donors (Lipinski definition) is 1. The van der Waals surface area contributed by atoms with Gasteiger partial charge in [-0.2, -0.15) is 13.2 Å². The highest BCUT2D eigenvalue weighted by Gasteiger charge is 2.38. The summed E-state index contributed by atoms with van der Waals surface area (Å²) in [5.41, 5.74) is 1.77. The van der Waals surface area contributed by atoms with Crippen LogP contribution in [0.25, 0.3) is 0 Å². The molecule has 1 aliphatic heterocycles. The van der Waals surface area contributed by atoms with Gasteiger partial charge in [-0.05, 0) is 37.6 Å². The largest absolute Gasteiger partial charge is 0.451 e. The fourth-order valence-electron chi connectivity index (χ4n) is 3.23. The zero-order valence-electron chi connectivity index (χ0n) is 15.4. The van der Waals surface area contributed by atoms with Crippen molar-refractivity contribution in [3.8, 4) is 0 Å². The van der Waals surface area contributed by atoms with Crippen molar-refractivity contribution in [1.82, 2.24) is 15.3 Å². The van der Waals surface area contributed by atoms with Crippen LogP contribution in [0.2, 0.25) is 10.0 Å². The van der Waals surface area contributed by atoms with Gasteiger partial charge in [-0.15, -0.1) is 0 Å². The van der Waals surface area contributed by atoms with E-state index in [0.717, 1.165) is 24.9 Å². The Morgan fingerprint density at radius 1 is 1.18 bits per heavy atom. The third kappa shape index (κ3) is 4.70. The molecule has 0 aliphatic carbocycles. The van der Waals surface area contributed by atoms with Gasteiger partial charge in [-0.1, -0.05) is 36.5 Å². The van der Waals surface area contributed by atoms with Crippen LogP contribution in [0.5, 0.6) is 0 Å². The molecule has 152 valence electrons. The molecule has 2 heterocycles. The lowest BCUT2D eigenvalue weighted by Crippen LogP contribution is -2.22. The molecule has 0 bridgehead atoms. The average Bonchev–Trinajstić information content (AvgIpc) is 3.04. The summed E-state index contributed by atoms with van der Waals surface area (Å²) in [5, 5.41) is 4.09. The quantitative estimate of drug-likeness (QED) is 0.592. The Balaban J connectivity index is 1.94. The van der Waals surface area contributed by atoms with Crippen molar-refractivity contribution in [1.29, 1.82) is 0 Å². The Kier molecular flexibility index (Phi) is 6.68. The van der Waals surface area contributed by atoms with Crippen molar-refractivity contribution >= 4 is 34.7 Å². The number of rotatable bonds is 7. The second-order valence-electron chi connectivity index (χ2n) is 6.64. The van der Waals surface area contributed by atoms with Gasteiger partial charge in [0.2, 0.25) is 5.82 Å². The van der Waals surface area contributed by atoms with Crippen LogP contribution in [-0.4, -0.2) is 29.6 Å². The maximum absolute atomic E-state index is 13.4. The van der Waals surface area contributed by atoms with E-state index >= 15 is 0 Å². The van der Waals surface area contributed by atoms with Gasteiger partial charge in [0.25, 0.3) is 0 Å². The number of nitrogens with one attached hydrogen (secondary N) is 1. The van der Waals surface area contributed by atoms with E-state index in [0.29, 0.717) is 47.4 Å². The molecule has 9 heteroatoms. The molecule has 0 saturated carbocycles. The summed E-state index contributed by atoms with van der Waals surface area (Å²) < 4.78 is 40.2. The van der Waals surface area contributed by atoms with Crippen molar-refractivity contribution in [2.24, 2.45) is 0 Å². The lowest BCUT2D eigenvalue weighted by Gasteiger charge is -2.21. The Bertz CT molecular complexity index is 843. The van der Waals surface area contributed by atoms with Crippen molar-refractivity contribution in [2.75, 3.05) is 24.5 Å². The first kappa shape index (κ1) is 21.1. The average molecular weight is 433 g/mol. The van der Waals surface area contributed by atoms with E-state index in [2.05, 4.69) is 22.2 Å². The fraction of sp³-hybridized carbons (Fsp3) is 0.474. The molecule has 0 atom stereocenters. The summed E-state index contributed by atoms with van der Waals surface area (Å²) in [6, 6.07) is 4.92. The number of anilines is 2. The lowest BCUT2D eigenvalue weighted by atomic mass is 10.1. The predicted molar refractivity (Wildman–Crippen MR) is 106 cm³/mol. The lowest BCUT2D eigenvalue weighted by molar-refractivity contribution is -0.145. The number of nitrogens with zero attached hydrogens (tertiary/aromatic N) is 3. The van der Waals surface area contributed by atoms with E-state index in [-0.39, 0.29) is 5.82 Å². The van der Waals surface area contributed by atoms with E-state index < -0.39 is 12.0 Å². The Morgan fingerprint density at radius 3 is 2.64 bits per heavy atom. The van der Waals surface area contributed by atoms with E-state index in [1.54, 1.807) is 23.1 Å². The second-order valence-corrected chi connectivity index (χ2v) is 7.49. The molecule has 2 aromatic rings. The molecule has 0 spiro atoms. The fourth-order valence-corrected chi connectivity index (χ4v) is 3.74. The number of hydrogen-bond acceptors (Lipinski definition) is 4. The third-order valence-electron chi connectivity index (χ3n) is 4.61. The molecule has 1 aliphatic rings. The Hall–Kier alpha value is -1.57. The number of benzene rings is 1. The van der Waals surface area contributed by atoms with E-state index in [9.17, 15) is 13.2 Å². The van der Waals surface area contributed by atoms with Crippen LogP contribution in [0.3, 0.4) is 0 Å². The van der Waals surface area contributed by atoms with Crippen LogP contribution in [-0.2, 0) is 19.0 Å². The maximum atomic E-state index is 13.4. The normalized spacial score (nSPS) is 13.9. The molecular weight excluding hydrogens is 412 g/mol. The number of alkyl halides is 3. The van der Waals surface area contributed by atoms with E-state index in [1.165, 1.54) is 0 Å². The SMILES string of the molecule is CCCCNCCc1nc(C(F)(F)F)nc2c1CCN2c1ccc(Cl)cc1Cl. The zero-order chi connectivity index (χ0) is 20.3. The van der Waals surface area contributed by atoms with Gasteiger partial charge in [0.1, 0.15) is 5.82 Å². The maximum Gasteiger partial charge on any atom is 0.451 e. The van der Waals surface area contributed by atoms with Gasteiger partial charge in [-0.3, -0.25) is 0 Å².